The van der Waals surface area contributed by atoms with E-state index in [1.54, 1.807) is 20.0 Å². The van der Waals surface area contributed by atoms with Gasteiger partial charge >= 0.3 is 0 Å². The highest BCUT2D eigenvalue weighted by molar-refractivity contribution is 7.85. The second-order valence-electron chi connectivity index (χ2n) is 12.0. The average molecular weight is 647 g/mol. The second-order valence-corrected chi connectivity index (χ2v) is 13.5. The van der Waals surface area contributed by atoms with Crippen LogP contribution in [-0.2, 0) is 40.5 Å². The molecule has 0 saturated carbocycles. The topological polar surface area (TPSA) is 221 Å². The fourth-order valence-electron chi connectivity index (χ4n) is 5.18. The van der Waals surface area contributed by atoms with E-state index in [1.807, 2.05) is 38.1 Å². The summed E-state index contributed by atoms with van der Waals surface area (Å²) >= 11 is 0. The molecule has 14 nitrogen and oxygen atoms in total. The molecule has 0 radical (unpaired) electrons. The number of aromatic amines is 1. The van der Waals surface area contributed by atoms with Crippen LogP contribution in [0, 0.1) is 11.8 Å². The van der Waals surface area contributed by atoms with E-state index in [-0.39, 0.29) is 25.3 Å². The lowest BCUT2D eigenvalue weighted by atomic mass is 9.99. The molecule has 5 atom stereocenters. The normalized spacial score (nSPS) is 17.6. The number of nitrogens with two attached hydrogens (primary N) is 1. The van der Waals surface area contributed by atoms with E-state index in [0.29, 0.717) is 6.29 Å². The number of aldehydes is 1. The summed E-state index contributed by atoms with van der Waals surface area (Å²) in [5.41, 5.74) is 7.41. The number of fused-ring (bicyclic) bond motifs is 1. The molecule has 5 unspecified atom stereocenters. The predicted molar refractivity (Wildman–Crippen MR) is 167 cm³/mol. The van der Waals surface area contributed by atoms with Gasteiger partial charge in [0, 0.05) is 30.1 Å². The number of aromatic nitrogens is 1. The molecule has 4 amide bonds. The molecule has 1 aliphatic rings. The Morgan fingerprint density at radius 1 is 1.09 bits per heavy atom. The Morgan fingerprint density at radius 2 is 1.78 bits per heavy atom. The van der Waals surface area contributed by atoms with Gasteiger partial charge in [0.15, 0.2) is 0 Å². The number of nitrogens with zero attached hydrogens (tertiary/aromatic N) is 1. The number of amides is 4. The number of carbonyl (C=O) groups excluding carboxylic acids is 5. The van der Waals surface area contributed by atoms with Gasteiger partial charge in [0.1, 0.15) is 30.5 Å². The predicted octanol–water partition coefficient (Wildman–Crippen LogP) is 0.0479. The summed E-state index contributed by atoms with van der Waals surface area (Å²) in [7, 11) is -4.54. The van der Waals surface area contributed by atoms with Crippen LogP contribution in [0.2, 0.25) is 0 Å². The van der Waals surface area contributed by atoms with Gasteiger partial charge in [-0.2, -0.15) is 8.42 Å². The third kappa shape index (κ3) is 9.70. The molecular formula is C30H42N6O8S. The van der Waals surface area contributed by atoms with Crippen molar-refractivity contribution in [2.45, 2.75) is 70.7 Å². The Bertz CT molecular complexity index is 1540. The van der Waals surface area contributed by atoms with Crippen molar-refractivity contribution in [2.24, 2.45) is 17.6 Å². The highest BCUT2D eigenvalue weighted by atomic mass is 32.2. The van der Waals surface area contributed by atoms with Gasteiger partial charge in [-0.1, -0.05) is 58.0 Å². The van der Waals surface area contributed by atoms with Gasteiger partial charge < -0.3 is 36.4 Å². The van der Waals surface area contributed by atoms with Gasteiger partial charge in [0.2, 0.25) is 23.6 Å². The molecule has 0 spiro atoms. The Hall–Kier alpha value is -4.08. The van der Waals surface area contributed by atoms with Crippen molar-refractivity contribution in [3.05, 3.63) is 48.2 Å². The number of carbonyl (C=O) groups is 5. The summed E-state index contributed by atoms with van der Waals surface area (Å²) in [5.74, 6) is -4.22. The van der Waals surface area contributed by atoms with Crippen LogP contribution in [0.25, 0.3) is 10.9 Å². The quantitative estimate of drug-likeness (QED) is 0.0873. The summed E-state index contributed by atoms with van der Waals surface area (Å²) in [6.45, 7) is 7.12. The van der Waals surface area contributed by atoms with Crippen molar-refractivity contribution in [2.75, 3.05) is 12.3 Å². The maximum Gasteiger partial charge on any atom is 0.266 e. The number of para-hydroxylation sites is 1. The van der Waals surface area contributed by atoms with Gasteiger partial charge in [-0.05, 0) is 29.9 Å². The minimum Gasteiger partial charge on any atom is -0.361 e. The Balaban J connectivity index is 1.69. The molecule has 1 aromatic carbocycles. The Kier molecular flexibility index (Phi) is 12.0. The van der Waals surface area contributed by atoms with E-state index in [9.17, 15) is 32.4 Å². The third-order valence-electron chi connectivity index (χ3n) is 7.41. The van der Waals surface area contributed by atoms with Crippen LogP contribution in [-0.4, -0.2) is 95.3 Å². The van der Waals surface area contributed by atoms with E-state index >= 15 is 0 Å². The number of rotatable bonds is 15. The van der Waals surface area contributed by atoms with Crippen LogP contribution in [0.15, 0.2) is 42.6 Å². The maximum absolute atomic E-state index is 13.5. The second kappa shape index (κ2) is 15.3. The summed E-state index contributed by atoms with van der Waals surface area (Å²) in [4.78, 5) is 69.0. The van der Waals surface area contributed by atoms with E-state index in [2.05, 4.69) is 20.9 Å². The van der Waals surface area contributed by atoms with Crippen molar-refractivity contribution in [1.29, 1.82) is 0 Å². The van der Waals surface area contributed by atoms with Crippen LogP contribution in [0.3, 0.4) is 0 Å². The fourth-order valence-corrected chi connectivity index (χ4v) is 5.78. The molecular weight excluding hydrogens is 604 g/mol. The largest absolute Gasteiger partial charge is 0.361 e. The van der Waals surface area contributed by atoms with Crippen LogP contribution < -0.4 is 21.7 Å². The van der Waals surface area contributed by atoms with Gasteiger partial charge in [-0.3, -0.25) is 23.7 Å². The van der Waals surface area contributed by atoms with Crippen LogP contribution in [0.4, 0.5) is 0 Å². The number of nitrogens with one attached hydrogen (secondary N) is 4. The van der Waals surface area contributed by atoms with Gasteiger partial charge in [0.05, 0.1) is 11.8 Å². The van der Waals surface area contributed by atoms with Crippen molar-refractivity contribution in [3.63, 3.8) is 0 Å². The zero-order valence-corrected chi connectivity index (χ0v) is 26.5. The average Bonchev–Trinajstić information content (AvgIpc) is 3.61. The Labute approximate surface area is 262 Å². The molecule has 0 saturated heterocycles. The van der Waals surface area contributed by atoms with Crippen molar-refractivity contribution >= 4 is 50.9 Å². The first-order chi connectivity index (χ1) is 21.1. The molecule has 2 heterocycles. The maximum atomic E-state index is 13.5. The fraction of sp³-hybridized carbons (Fsp3) is 0.500. The zero-order chi connectivity index (χ0) is 33.5. The molecule has 1 aromatic heterocycles. The number of hydrogen-bond acceptors (Lipinski definition) is 8. The highest BCUT2D eigenvalue weighted by Crippen LogP contribution is 2.19. The van der Waals surface area contributed by atoms with Gasteiger partial charge in [-0.25, -0.2) is 0 Å². The van der Waals surface area contributed by atoms with Crippen LogP contribution in [0.5, 0.6) is 0 Å². The van der Waals surface area contributed by atoms with E-state index in [4.69, 9.17) is 10.3 Å². The minimum absolute atomic E-state index is 0.00780. The zero-order valence-electron chi connectivity index (χ0n) is 25.7. The summed E-state index contributed by atoms with van der Waals surface area (Å²) in [5, 5.41) is 9.01. The lowest BCUT2D eigenvalue weighted by Gasteiger charge is -2.30. The molecule has 1 aliphatic heterocycles. The summed E-state index contributed by atoms with van der Waals surface area (Å²) in [6, 6.07) is 1.84. The molecule has 0 fully saturated rings. The molecule has 0 bridgehead atoms. The molecule has 2 aromatic rings. The number of hydrogen-bond donors (Lipinski definition) is 6. The Morgan fingerprint density at radius 3 is 2.40 bits per heavy atom. The van der Waals surface area contributed by atoms with E-state index in [0.717, 1.165) is 21.4 Å². The van der Waals surface area contributed by atoms with Crippen molar-refractivity contribution in [3.8, 4) is 0 Å². The summed E-state index contributed by atoms with van der Waals surface area (Å²) in [6.07, 6.45) is 5.88. The first-order valence-electron chi connectivity index (χ1n) is 14.7. The lowest BCUT2D eigenvalue weighted by Crippen LogP contribution is -2.59. The van der Waals surface area contributed by atoms with Crippen LogP contribution in [0.1, 0.15) is 39.7 Å². The third-order valence-corrected chi connectivity index (χ3v) is 8.19. The standard InChI is InChI=1S/C30H42N6O8S/c1-17(2)12-24(27(38)33-20(15-37)13-19-14-32-23-9-6-5-8-21(19)23)34-29(40)26(18(3)4)35-28(39)25-10-7-11-36(25)30(41)22(31)16-45(42,43)44/h5-10,14-15,17-18,20,22,24-26,32H,11-13,16,31H2,1-4H3,(H,33,38)(H,34,40)(H,35,39)(H,42,43,44). The van der Waals surface area contributed by atoms with Gasteiger partial charge in [0.25, 0.3) is 10.1 Å². The molecule has 0 aliphatic carbocycles. The minimum atomic E-state index is -4.54. The van der Waals surface area contributed by atoms with E-state index < -0.39 is 75.6 Å². The number of H-pyrrole nitrogens is 1. The van der Waals surface area contributed by atoms with Gasteiger partial charge in [-0.15, -0.1) is 0 Å². The van der Waals surface area contributed by atoms with Crippen molar-refractivity contribution < 1.29 is 36.9 Å². The molecule has 246 valence electrons. The lowest BCUT2D eigenvalue weighted by molar-refractivity contribution is -0.139. The monoisotopic (exact) mass is 646 g/mol. The number of benzene rings is 1. The smallest absolute Gasteiger partial charge is 0.266 e. The first-order valence-corrected chi connectivity index (χ1v) is 16.3. The van der Waals surface area contributed by atoms with Crippen molar-refractivity contribution in [1.82, 2.24) is 25.8 Å². The molecule has 15 heteroatoms. The first kappa shape index (κ1) is 35.4. The molecule has 45 heavy (non-hydrogen) atoms. The van der Waals surface area contributed by atoms with E-state index in [1.165, 1.54) is 12.2 Å². The SMILES string of the molecule is CC(C)CC(NC(=O)C(NC(=O)C1C=CCN1C(=O)C(N)CS(=O)(=O)O)C(C)C)C(=O)NC(C=O)Cc1c[nH]c2ccccc12. The molecule has 3 rings (SSSR count). The highest BCUT2D eigenvalue weighted by Gasteiger charge is 2.37. The summed E-state index contributed by atoms with van der Waals surface area (Å²) < 4.78 is 31.4. The molecule has 7 N–H and O–H groups in total. The van der Waals surface area contributed by atoms with Crippen LogP contribution >= 0.6 is 0 Å².